The molecular formula is C8H6F2N2O5. The SMILES string of the molecule is O=C(O)Cc1cc(C(F)F)c([N+](=O)[O-])c(=O)[nH]1. The van der Waals surface area contributed by atoms with E-state index < -0.39 is 40.5 Å². The standard InChI is InChI=1S/C8H6F2N2O5/c9-7(10)4-1-3(2-5(13)14)11-8(15)6(4)12(16)17/h1,7H,2H2,(H,11,15)(H,13,14). The monoisotopic (exact) mass is 248 g/mol. The second-order valence-corrected chi connectivity index (χ2v) is 3.06. The first-order valence-electron chi connectivity index (χ1n) is 4.23. The maximum Gasteiger partial charge on any atom is 0.342 e. The van der Waals surface area contributed by atoms with E-state index in [0.717, 1.165) is 0 Å². The van der Waals surface area contributed by atoms with E-state index in [4.69, 9.17) is 5.11 Å². The molecule has 0 radical (unpaired) electrons. The molecule has 0 aromatic carbocycles. The van der Waals surface area contributed by atoms with Crippen molar-refractivity contribution in [3.8, 4) is 0 Å². The Morgan fingerprint density at radius 2 is 2.18 bits per heavy atom. The minimum atomic E-state index is -3.23. The predicted molar refractivity (Wildman–Crippen MR) is 50.0 cm³/mol. The summed E-state index contributed by atoms with van der Waals surface area (Å²) in [4.78, 5) is 32.6. The molecule has 0 saturated carbocycles. The minimum absolute atomic E-state index is 0.316. The van der Waals surface area contributed by atoms with Crippen molar-refractivity contribution in [1.29, 1.82) is 0 Å². The van der Waals surface area contributed by atoms with Crippen molar-refractivity contribution in [2.45, 2.75) is 12.8 Å². The number of hydrogen-bond acceptors (Lipinski definition) is 4. The van der Waals surface area contributed by atoms with Crippen LogP contribution in [0.2, 0.25) is 0 Å². The molecule has 1 heterocycles. The van der Waals surface area contributed by atoms with Crippen LogP contribution in [-0.2, 0) is 11.2 Å². The highest BCUT2D eigenvalue weighted by molar-refractivity contribution is 5.69. The molecule has 0 aliphatic carbocycles. The summed E-state index contributed by atoms with van der Waals surface area (Å²) < 4.78 is 25.0. The number of carbonyl (C=O) groups is 1. The molecule has 17 heavy (non-hydrogen) atoms. The molecule has 0 fully saturated rings. The molecule has 0 aliphatic heterocycles. The van der Waals surface area contributed by atoms with Crippen molar-refractivity contribution in [3.05, 3.63) is 37.8 Å². The lowest BCUT2D eigenvalue weighted by atomic mass is 10.1. The highest BCUT2D eigenvalue weighted by Gasteiger charge is 2.26. The van der Waals surface area contributed by atoms with Crippen molar-refractivity contribution in [2.24, 2.45) is 0 Å². The molecule has 0 spiro atoms. The van der Waals surface area contributed by atoms with Gasteiger partial charge >= 0.3 is 17.2 Å². The third-order valence-electron chi connectivity index (χ3n) is 1.85. The van der Waals surface area contributed by atoms with Crippen LogP contribution in [0.5, 0.6) is 0 Å². The normalized spacial score (nSPS) is 10.5. The molecule has 7 nitrogen and oxygen atoms in total. The van der Waals surface area contributed by atoms with E-state index in [9.17, 15) is 28.5 Å². The number of aromatic amines is 1. The number of pyridine rings is 1. The molecule has 0 saturated heterocycles. The molecule has 2 N–H and O–H groups in total. The van der Waals surface area contributed by atoms with Gasteiger partial charge in [-0.15, -0.1) is 0 Å². The highest BCUT2D eigenvalue weighted by atomic mass is 19.3. The van der Waals surface area contributed by atoms with E-state index in [0.29, 0.717) is 6.07 Å². The summed E-state index contributed by atoms with van der Waals surface area (Å²) in [5.74, 6) is -1.35. The van der Waals surface area contributed by atoms with Crippen LogP contribution in [0.25, 0.3) is 0 Å². The lowest BCUT2D eigenvalue weighted by Gasteiger charge is -2.03. The number of nitrogens with one attached hydrogen (secondary N) is 1. The highest BCUT2D eigenvalue weighted by Crippen LogP contribution is 2.25. The minimum Gasteiger partial charge on any atom is -0.481 e. The first kappa shape index (κ1) is 12.7. The maximum atomic E-state index is 12.5. The van der Waals surface area contributed by atoms with Crippen molar-refractivity contribution in [1.82, 2.24) is 4.98 Å². The van der Waals surface area contributed by atoms with Crippen LogP contribution in [0.3, 0.4) is 0 Å². The molecule has 0 aliphatic rings. The van der Waals surface area contributed by atoms with Gasteiger partial charge in [-0.1, -0.05) is 0 Å². The van der Waals surface area contributed by atoms with Gasteiger partial charge < -0.3 is 10.1 Å². The lowest BCUT2D eigenvalue weighted by Crippen LogP contribution is -2.18. The summed E-state index contributed by atoms with van der Waals surface area (Å²) in [6.07, 6.45) is -3.93. The summed E-state index contributed by atoms with van der Waals surface area (Å²) in [6.45, 7) is 0. The van der Waals surface area contributed by atoms with Gasteiger partial charge in [0.2, 0.25) is 0 Å². The Hall–Kier alpha value is -2.32. The second-order valence-electron chi connectivity index (χ2n) is 3.06. The summed E-state index contributed by atoms with van der Waals surface area (Å²) in [7, 11) is 0. The Bertz CT molecular complexity index is 525. The number of H-pyrrole nitrogens is 1. The second kappa shape index (κ2) is 4.68. The van der Waals surface area contributed by atoms with Crippen LogP contribution in [0.4, 0.5) is 14.5 Å². The van der Waals surface area contributed by atoms with E-state index in [1.807, 2.05) is 4.98 Å². The van der Waals surface area contributed by atoms with Gasteiger partial charge in [0.25, 0.3) is 6.43 Å². The van der Waals surface area contributed by atoms with Gasteiger partial charge in [0.05, 0.1) is 11.3 Å². The van der Waals surface area contributed by atoms with E-state index in [1.165, 1.54) is 0 Å². The van der Waals surface area contributed by atoms with Crippen LogP contribution in [0, 0.1) is 10.1 Å². The molecule has 0 atom stereocenters. The largest absolute Gasteiger partial charge is 0.481 e. The summed E-state index contributed by atoms with van der Waals surface area (Å²) in [5.41, 5.74) is -4.02. The average molecular weight is 248 g/mol. The number of rotatable bonds is 4. The number of nitrogens with zero attached hydrogens (tertiary/aromatic N) is 1. The van der Waals surface area contributed by atoms with Crippen LogP contribution in [0.15, 0.2) is 10.9 Å². The number of nitro groups is 1. The Balaban J connectivity index is 3.41. The molecule has 0 bridgehead atoms. The first-order valence-corrected chi connectivity index (χ1v) is 4.23. The fraction of sp³-hybridized carbons (Fsp3) is 0.250. The predicted octanol–water partition coefficient (Wildman–Crippen LogP) is 0.848. The smallest absolute Gasteiger partial charge is 0.342 e. The van der Waals surface area contributed by atoms with E-state index in [1.54, 1.807) is 0 Å². The molecule has 1 rings (SSSR count). The van der Waals surface area contributed by atoms with Gasteiger partial charge in [0.15, 0.2) is 0 Å². The summed E-state index contributed by atoms with van der Waals surface area (Å²) in [6, 6.07) is 0.609. The van der Waals surface area contributed by atoms with Crippen LogP contribution in [0.1, 0.15) is 17.7 Å². The molecule has 0 unspecified atom stereocenters. The molecule has 92 valence electrons. The third kappa shape index (κ3) is 2.83. The van der Waals surface area contributed by atoms with Gasteiger partial charge in [-0.2, -0.15) is 0 Å². The molecule has 0 amide bonds. The Labute approximate surface area is 91.8 Å². The van der Waals surface area contributed by atoms with E-state index >= 15 is 0 Å². The number of aliphatic carboxylic acids is 1. The topological polar surface area (TPSA) is 113 Å². The van der Waals surface area contributed by atoms with Crippen LogP contribution >= 0.6 is 0 Å². The molecule has 1 aromatic rings. The van der Waals surface area contributed by atoms with Crippen molar-refractivity contribution < 1.29 is 23.6 Å². The Morgan fingerprint density at radius 1 is 1.59 bits per heavy atom. The fourth-order valence-electron chi connectivity index (χ4n) is 1.24. The van der Waals surface area contributed by atoms with Crippen molar-refractivity contribution >= 4 is 11.7 Å². The zero-order valence-electron chi connectivity index (χ0n) is 8.15. The number of carboxylic acid groups (broad SMARTS) is 1. The van der Waals surface area contributed by atoms with Gasteiger partial charge in [0.1, 0.15) is 5.56 Å². The van der Waals surface area contributed by atoms with E-state index in [2.05, 4.69) is 0 Å². The zero-order chi connectivity index (χ0) is 13.2. The van der Waals surface area contributed by atoms with Crippen molar-refractivity contribution in [3.63, 3.8) is 0 Å². The summed E-state index contributed by atoms with van der Waals surface area (Å²) >= 11 is 0. The first-order chi connectivity index (χ1) is 7.82. The average Bonchev–Trinajstić information content (AvgIpc) is 2.14. The van der Waals surface area contributed by atoms with E-state index in [-0.39, 0.29) is 5.69 Å². The van der Waals surface area contributed by atoms with Gasteiger partial charge in [-0.25, -0.2) is 8.78 Å². The zero-order valence-corrected chi connectivity index (χ0v) is 8.15. The maximum absolute atomic E-state index is 12.5. The number of carboxylic acids is 1. The molecule has 1 aromatic heterocycles. The lowest BCUT2D eigenvalue weighted by molar-refractivity contribution is -0.387. The number of hydrogen-bond donors (Lipinski definition) is 2. The van der Waals surface area contributed by atoms with Gasteiger partial charge in [0, 0.05) is 5.69 Å². The fourth-order valence-corrected chi connectivity index (χ4v) is 1.24. The quantitative estimate of drug-likeness (QED) is 0.605. The number of aromatic nitrogens is 1. The van der Waals surface area contributed by atoms with Gasteiger partial charge in [-0.3, -0.25) is 19.7 Å². The van der Waals surface area contributed by atoms with Crippen LogP contribution in [-0.4, -0.2) is 21.0 Å². The Kier molecular flexibility index (Phi) is 3.51. The van der Waals surface area contributed by atoms with Crippen molar-refractivity contribution in [2.75, 3.05) is 0 Å². The van der Waals surface area contributed by atoms with Gasteiger partial charge in [-0.05, 0) is 6.07 Å². The third-order valence-corrected chi connectivity index (χ3v) is 1.85. The number of halogens is 2. The summed E-state index contributed by atoms with van der Waals surface area (Å²) in [5, 5.41) is 18.8. The number of alkyl halides is 2. The molecule has 9 heteroatoms. The Morgan fingerprint density at radius 3 is 2.59 bits per heavy atom. The molecular weight excluding hydrogens is 242 g/mol. The van der Waals surface area contributed by atoms with Crippen LogP contribution < -0.4 is 5.56 Å².